The van der Waals surface area contributed by atoms with Crippen molar-refractivity contribution in [3.63, 3.8) is 0 Å². The molecule has 82 valence electrons. The van der Waals surface area contributed by atoms with Crippen molar-refractivity contribution in [3.05, 3.63) is 28.8 Å². The molecule has 0 radical (unpaired) electrons. The van der Waals surface area contributed by atoms with E-state index in [1.54, 1.807) is 37.1 Å². The number of rotatable bonds is 4. The first-order valence-electron chi connectivity index (χ1n) is 4.69. The van der Waals surface area contributed by atoms with Crippen LogP contribution >= 0.6 is 11.6 Å². The van der Waals surface area contributed by atoms with E-state index in [2.05, 4.69) is 0 Å². The van der Waals surface area contributed by atoms with Crippen molar-refractivity contribution in [1.29, 1.82) is 0 Å². The van der Waals surface area contributed by atoms with E-state index < -0.39 is 6.10 Å². The van der Waals surface area contributed by atoms with E-state index >= 15 is 0 Å². The zero-order valence-electron chi connectivity index (χ0n) is 8.77. The molecule has 0 saturated heterocycles. The van der Waals surface area contributed by atoms with Gasteiger partial charge in [0.05, 0.1) is 16.8 Å². The zero-order valence-corrected chi connectivity index (χ0v) is 9.53. The maximum Gasteiger partial charge on any atom is 0.152 e. The lowest BCUT2D eigenvalue weighted by atomic mass is 10.1. The summed E-state index contributed by atoms with van der Waals surface area (Å²) in [5.41, 5.74) is 1.20. The van der Waals surface area contributed by atoms with Gasteiger partial charge in [-0.25, -0.2) is 0 Å². The highest BCUT2D eigenvalue weighted by Gasteiger charge is 2.12. The number of hydrogen-bond acceptors (Lipinski definition) is 3. The molecule has 0 saturated carbocycles. The first kappa shape index (κ1) is 12.0. The number of aliphatic hydroxyl groups is 1. The molecule has 0 amide bonds. The quantitative estimate of drug-likeness (QED) is 0.800. The summed E-state index contributed by atoms with van der Waals surface area (Å²) in [5, 5.41) is 9.78. The number of nitrogens with zero attached hydrogens (tertiary/aromatic N) is 1. The maximum atomic E-state index is 10.8. The number of hydrogen-bond donors (Lipinski definition) is 1. The van der Waals surface area contributed by atoms with Crippen LogP contribution in [0.4, 0.5) is 5.69 Å². The minimum atomic E-state index is -0.467. The lowest BCUT2D eigenvalue weighted by Gasteiger charge is -2.23. The van der Waals surface area contributed by atoms with Crippen LogP contribution in [0, 0.1) is 0 Å². The highest BCUT2D eigenvalue weighted by atomic mass is 35.5. The molecule has 1 unspecified atom stereocenters. The molecule has 1 N–H and O–H groups in total. The molecule has 1 aromatic rings. The number of carbonyl (C=O) groups excluding carboxylic acids is 1. The van der Waals surface area contributed by atoms with Gasteiger partial charge >= 0.3 is 0 Å². The Kier molecular flexibility index (Phi) is 4.12. The number of likely N-dealkylation sites (N-methyl/N-ethyl adjacent to an activating group) is 1. The number of carbonyl (C=O) groups is 1. The highest BCUT2D eigenvalue weighted by Crippen LogP contribution is 2.28. The van der Waals surface area contributed by atoms with E-state index in [1.807, 2.05) is 0 Å². The topological polar surface area (TPSA) is 40.5 Å². The van der Waals surface area contributed by atoms with Crippen LogP contribution in [0.2, 0.25) is 5.02 Å². The molecule has 1 atom stereocenters. The monoisotopic (exact) mass is 227 g/mol. The highest BCUT2D eigenvalue weighted by molar-refractivity contribution is 6.33. The normalized spacial score (nSPS) is 12.3. The zero-order chi connectivity index (χ0) is 11.4. The van der Waals surface area contributed by atoms with Crippen molar-refractivity contribution in [1.82, 2.24) is 0 Å². The fourth-order valence-corrected chi connectivity index (χ4v) is 1.84. The van der Waals surface area contributed by atoms with Crippen LogP contribution in [0.3, 0.4) is 0 Å². The molecule has 1 aromatic carbocycles. The van der Waals surface area contributed by atoms with Gasteiger partial charge in [-0.15, -0.1) is 0 Å². The van der Waals surface area contributed by atoms with E-state index in [-0.39, 0.29) is 0 Å². The number of benzene rings is 1. The van der Waals surface area contributed by atoms with Gasteiger partial charge in [0.25, 0.3) is 0 Å². The van der Waals surface area contributed by atoms with E-state index in [0.29, 0.717) is 22.8 Å². The van der Waals surface area contributed by atoms with E-state index in [0.717, 1.165) is 6.29 Å². The molecule has 0 aliphatic rings. The third-order valence-corrected chi connectivity index (χ3v) is 2.37. The van der Waals surface area contributed by atoms with Gasteiger partial charge in [0.2, 0.25) is 0 Å². The van der Waals surface area contributed by atoms with Crippen LogP contribution in [0.25, 0.3) is 0 Å². The first-order valence-corrected chi connectivity index (χ1v) is 5.07. The summed E-state index contributed by atoms with van der Waals surface area (Å²) >= 11 is 6.00. The summed E-state index contributed by atoms with van der Waals surface area (Å²) < 4.78 is 0. The SMILES string of the molecule is CC(O)CN(C)c1c(Cl)cccc1C=O. The molecule has 1 rings (SSSR count). The smallest absolute Gasteiger partial charge is 0.152 e. The molecule has 0 bridgehead atoms. The number of aldehydes is 1. The Balaban J connectivity index is 3.05. The second-order valence-corrected chi connectivity index (χ2v) is 3.93. The third kappa shape index (κ3) is 2.94. The van der Waals surface area contributed by atoms with Gasteiger partial charge in [0, 0.05) is 19.2 Å². The Morgan fingerprint density at radius 2 is 2.27 bits per heavy atom. The van der Waals surface area contributed by atoms with Crippen molar-refractivity contribution in [2.24, 2.45) is 0 Å². The van der Waals surface area contributed by atoms with Gasteiger partial charge in [-0.3, -0.25) is 4.79 Å². The number of halogens is 1. The van der Waals surface area contributed by atoms with Crippen LogP contribution in [0.5, 0.6) is 0 Å². The molecule has 0 aromatic heterocycles. The van der Waals surface area contributed by atoms with Crippen LogP contribution in [0.1, 0.15) is 17.3 Å². The fraction of sp³-hybridized carbons (Fsp3) is 0.364. The predicted molar refractivity (Wildman–Crippen MR) is 61.8 cm³/mol. The Hall–Kier alpha value is -1.06. The van der Waals surface area contributed by atoms with Crippen molar-refractivity contribution in [3.8, 4) is 0 Å². The lowest BCUT2D eigenvalue weighted by Crippen LogP contribution is -2.27. The predicted octanol–water partition coefficient (Wildman–Crippen LogP) is 1.97. The fourth-order valence-electron chi connectivity index (χ4n) is 1.52. The molecule has 0 heterocycles. The molecule has 0 fully saturated rings. The third-order valence-electron chi connectivity index (χ3n) is 2.06. The van der Waals surface area contributed by atoms with Crippen molar-refractivity contribution in [2.45, 2.75) is 13.0 Å². The minimum absolute atomic E-state index is 0.435. The van der Waals surface area contributed by atoms with Crippen LogP contribution in [-0.2, 0) is 0 Å². The maximum absolute atomic E-state index is 10.8. The van der Waals surface area contributed by atoms with Gasteiger partial charge in [-0.2, -0.15) is 0 Å². The molecule has 0 spiro atoms. The van der Waals surface area contributed by atoms with Crippen LogP contribution in [-0.4, -0.2) is 31.1 Å². The van der Waals surface area contributed by atoms with E-state index in [1.165, 1.54) is 0 Å². The average molecular weight is 228 g/mol. The van der Waals surface area contributed by atoms with Gasteiger partial charge in [-0.1, -0.05) is 17.7 Å². The summed E-state index contributed by atoms with van der Waals surface area (Å²) in [6.45, 7) is 2.12. The minimum Gasteiger partial charge on any atom is -0.392 e. The van der Waals surface area contributed by atoms with Crippen molar-refractivity contribution in [2.75, 3.05) is 18.5 Å². The summed E-state index contributed by atoms with van der Waals surface area (Å²) in [7, 11) is 1.79. The van der Waals surface area contributed by atoms with Crippen LogP contribution < -0.4 is 4.90 Å². The first-order chi connectivity index (χ1) is 7.06. The molecule has 3 nitrogen and oxygen atoms in total. The lowest BCUT2D eigenvalue weighted by molar-refractivity contribution is 0.112. The average Bonchev–Trinajstić information content (AvgIpc) is 2.15. The van der Waals surface area contributed by atoms with E-state index in [9.17, 15) is 9.90 Å². The molecule has 0 aliphatic heterocycles. The van der Waals surface area contributed by atoms with Crippen molar-refractivity contribution >= 4 is 23.6 Å². The van der Waals surface area contributed by atoms with Crippen LogP contribution in [0.15, 0.2) is 18.2 Å². The molecule has 15 heavy (non-hydrogen) atoms. The molecular weight excluding hydrogens is 214 g/mol. The van der Waals surface area contributed by atoms with Gasteiger partial charge in [0.15, 0.2) is 6.29 Å². The number of anilines is 1. The largest absolute Gasteiger partial charge is 0.392 e. The molecular formula is C11H14ClNO2. The Bertz CT molecular complexity index is 352. The standard InChI is InChI=1S/C11H14ClNO2/c1-8(15)6-13(2)11-9(7-14)4-3-5-10(11)12/h3-5,7-8,15H,6H2,1-2H3. The molecule has 0 aliphatic carbocycles. The summed E-state index contributed by atoms with van der Waals surface area (Å²) in [6, 6.07) is 5.15. The Labute approximate surface area is 94.3 Å². The number of aliphatic hydroxyl groups excluding tert-OH is 1. The second-order valence-electron chi connectivity index (χ2n) is 3.53. The summed E-state index contributed by atoms with van der Waals surface area (Å²) in [6.07, 6.45) is 0.297. The second kappa shape index (κ2) is 5.14. The molecule has 4 heteroatoms. The van der Waals surface area contributed by atoms with E-state index in [4.69, 9.17) is 11.6 Å². The van der Waals surface area contributed by atoms with Gasteiger partial charge in [0.1, 0.15) is 0 Å². The van der Waals surface area contributed by atoms with Crippen molar-refractivity contribution < 1.29 is 9.90 Å². The van der Waals surface area contributed by atoms with Gasteiger partial charge < -0.3 is 10.0 Å². The van der Waals surface area contributed by atoms with Gasteiger partial charge in [-0.05, 0) is 19.1 Å². The summed E-state index contributed by atoms with van der Waals surface area (Å²) in [5.74, 6) is 0. The number of para-hydroxylation sites is 1. The Morgan fingerprint density at radius 3 is 2.80 bits per heavy atom. The summed E-state index contributed by atoms with van der Waals surface area (Å²) in [4.78, 5) is 12.6. The Morgan fingerprint density at radius 1 is 1.60 bits per heavy atom.